The van der Waals surface area contributed by atoms with Gasteiger partial charge in [0.05, 0.1) is 22.5 Å². The Balaban J connectivity index is 1.34. The Hall–Kier alpha value is -4.04. The molecule has 2 aromatic carbocycles. The maximum atomic E-state index is 12.7. The van der Waals surface area contributed by atoms with E-state index in [1.165, 1.54) is 11.3 Å². The van der Waals surface area contributed by atoms with Gasteiger partial charge in [0.15, 0.2) is 10.8 Å². The number of anilines is 3. The predicted octanol–water partition coefficient (Wildman–Crippen LogP) is 6.16. The summed E-state index contributed by atoms with van der Waals surface area (Å²) in [6.07, 6.45) is 0. The molecule has 180 valence electrons. The van der Waals surface area contributed by atoms with Crippen molar-refractivity contribution in [1.82, 2.24) is 19.7 Å². The van der Waals surface area contributed by atoms with Gasteiger partial charge in [0.2, 0.25) is 5.91 Å². The molecule has 0 bridgehead atoms. The SMILES string of the molecule is Cc1cc(Nc2nc(-c3ccc4c(c3)C(C)(C)C(=O)N4C)cs2)nc2c1c(C)nn2-c1ccccc1. The molecule has 5 aromatic rings. The van der Waals surface area contributed by atoms with Crippen molar-refractivity contribution in [1.29, 1.82) is 0 Å². The lowest BCUT2D eigenvalue weighted by Gasteiger charge is -2.16. The van der Waals surface area contributed by atoms with Crippen LogP contribution in [0.25, 0.3) is 28.0 Å². The number of nitrogens with one attached hydrogen (secondary N) is 1. The first-order valence-electron chi connectivity index (χ1n) is 11.8. The molecule has 1 aliphatic heterocycles. The third kappa shape index (κ3) is 3.40. The Morgan fingerprint density at radius 2 is 1.78 bits per heavy atom. The van der Waals surface area contributed by atoms with E-state index in [2.05, 4.69) is 18.3 Å². The lowest BCUT2D eigenvalue weighted by molar-refractivity contribution is -0.121. The topological polar surface area (TPSA) is 75.9 Å². The minimum Gasteiger partial charge on any atom is -0.316 e. The number of benzene rings is 2. The van der Waals surface area contributed by atoms with E-state index in [0.29, 0.717) is 0 Å². The molecule has 1 N–H and O–H groups in total. The summed E-state index contributed by atoms with van der Waals surface area (Å²) in [6, 6.07) is 18.2. The monoisotopic (exact) mass is 494 g/mol. The summed E-state index contributed by atoms with van der Waals surface area (Å²) in [5, 5.41) is 12.0. The standard InChI is InChI=1S/C28H26N6OS/c1-16-13-23(30-25-24(16)17(2)32-34(25)19-9-7-6-8-10-19)31-27-29-21(15-36-27)18-11-12-22-20(14-18)28(3,4)26(35)33(22)5/h6-15H,1-5H3,(H,29,30,31). The van der Waals surface area contributed by atoms with Crippen LogP contribution in [0.2, 0.25) is 0 Å². The minimum absolute atomic E-state index is 0.108. The van der Waals surface area contributed by atoms with Crippen LogP contribution in [0.5, 0.6) is 0 Å². The summed E-state index contributed by atoms with van der Waals surface area (Å²) in [5.41, 5.74) is 7.14. The minimum atomic E-state index is -0.548. The summed E-state index contributed by atoms with van der Waals surface area (Å²) in [6.45, 7) is 8.04. The van der Waals surface area contributed by atoms with Crippen LogP contribution >= 0.6 is 11.3 Å². The number of thiazole rings is 1. The number of nitrogens with zero attached hydrogens (tertiary/aromatic N) is 5. The second kappa shape index (κ2) is 7.99. The molecule has 0 fully saturated rings. The molecule has 0 aliphatic carbocycles. The number of hydrogen-bond acceptors (Lipinski definition) is 6. The second-order valence-electron chi connectivity index (χ2n) is 9.74. The van der Waals surface area contributed by atoms with Gasteiger partial charge in [-0.1, -0.05) is 24.3 Å². The summed E-state index contributed by atoms with van der Waals surface area (Å²) >= 11 is 1.53. The van der Waals surface area contributed by atoms with Crippen LogP contribution in [0.1, 0.15) is 30.7 Å². The average Bonchev–Trinajstić information content (AvgIpc) is 3.51. The number of rotatable bonds is 4. The zero-order valence-corrected chi connectivity index (χ0v) is 21.6. The fraction of sp³-hybridized carbons (Fsp3) is 0.214. The van der Waals surface area contributed by atoms with Crippen molar-refractivity contribution >= 4 is 44.9 Å². The third-order valence-electron chi connectivity index (χ3n) is 6.92. The van der Waals surface area contributed by atoms with Crippen molar-refractivity contribution in [3.05, 3.63) is 76.8 Å². The smallest absolute Gasteiger partial charge is 0.236 e. The highest BCUT2D eigenvalue weighted by Crippen LogP contribution is 2.43. The predicted molar refractivity (Wildman–Crippen MR) is 146 cm³/mol. The van der Waals surface area contributed by atoms with E-state index in [1.54, 1.807) is 4.90 Å². The Morgan fingerprint density at radius 1 is 1.00 bits per heavy atom. The van der Waals surface area contributed by atoms with E-state index in [-0.39, 0.29) is 5.91 Å². The van der Waals surface area contributed by atoms with E-state index in [9.17, 15) is 4.79 Å². The molecule has 0 atom stereocenters. The van der Waals surface area contributed by atoms with Gasteiger partial charge in [-0.2, -0.15) is 5.10 Å². The molecule has 1 amide bonds. The van der Waals surface area contributed by atoms with Crippen LogP contribution in [-0.2, 0) is 10.2 Å². The average molecular weight is 495 g/mol. The first kappa shape index (κ1) is 22.4. The van der Waals surface area contributed by atoms with Gasteiger partial charge in [-0.15, -0.1) is 11.3 Å². The van der Waals surface area contributed by atoms with Crippen molar-refractivity contribution in [2.45, 2.75) is 33.1 Å². The number of fused-ring (bicyclic) bond motifs is 2. The first-order valence-corrected chi connectivity index (χ1v) is 12.7. The number of carbonyl (C=O) groups excluding carboxylic acids is 1. The highest BCUT2D eigenvalue weighted by atomic mass is 32.1. The van der Waals surface area contributed by atoms with Gasteiger partial charge in [-0.25, -0.2) is 14.6 Å². The van der Waals surface area contributed by atoms with Crippen LogP contribution in [0.3, 0.4) is 0 Å². The Labute approximate surface area is 213 Å². The van der Waals surface area contributed by atoms with Gasteiger partial charge in [-0.05, 0) is 69.2 Å². The van der Waals surface area contributed by atoms with Crippen LogP contribution in [0.15, 0.2) is 60.0 Å². The number of pyridine rings is 1. The molecule has 0 spiro atoms. The highest BCUT2D eigenvalue weighted by molar-refractivity contribution is 7.14. The molecule has 4 heterocycles. The first-order chi connectivity index (χ1) is 17.2. The highest BCUT2D eigenvalue weighted by Gasteiger charge is 2.42. The molecule has 7 nitrogen and oxygen atoms in total. The van der Waals surface area contributed by atoms with Gasteiger partial charge in [0.1, 0.15) is 5.82 Å². The molecule has 6 rings (SSSR count). The molecule has 0 unspecified atom stereocenters. The fourth-order valence-corrected chi connectivity index (χ4v) is 5.75. The Bertz CT molecular complexity index is 1650. The maximum absolute atomic E-state index is 12.7. The zero-order chi connectivity index (χ0) is 25.2. The summed E-state index contributed by atoms with van der Waals surface area (Å²) in [5.74, 6) is 0.831. The van der Waals surface area contributed by atoms with Crippen LogP contribution in [0, 0.1) is 13.8 Å². The summed E-state index contributed by atoms with van der Waals surface area (Å²) in [7, 11) is 1.83. The van der Waals surface area contributed by atoms with Crippen LogP contribution in [0.4, 0.5) is 16.6 Å². The van der Waals surface area contributed by atoms with Gasteiger partial charge in [0.25, 0.3) is 0 Å². The molecule has 0 saturated carbocycles. The Kier molecular flexibility index (Phi) is 4.98. The van der Waals surface area contributed by atoms with E-state index >= 15 is 0 Å². The number of carbonyl (C=O) groups is 1. The zero-order valence-electron chi connectivity index (χ0n) is 20.8. The molecule has 36 heavy (non-hydrogen) atoms. The Morgan fingerprint density at radius 3 is 2.56 bits per heavy atom. The van der Waals surface area contributed by atoms with Crippen LogP contribution in [-0.4, -0.2) is 32.7 Å². The van der Waals surface area contributed by atoms with Crippen molar-refractivity contribution in [2.75, 3.05) is 17.3 Å². The summed E-state index contributed by atoms with van der Waals surface area (Å²) in [4.78, 5) is 24.1. The van der Waals surface area contributed by atoms with Gasteiger partial charge in [-0.3, -0.25) is 4.79 Å². The van der Waals surface area contributed by atoms with E-state index < -0.39 is 5.41 Å². The molecular formula is C28H26N6OS. The number of para-hydroxylation sites is 1. The normalized spacial score (nSPS) is 14.5. The second-order valence-corrected chi connectivity index (χ2v) is 10.6. The lowest BCUT2D eigenvalue weighted by Crippen LogP contribution is -2.33. The number of aromatic nitrogens is 4. The third-order valence-corrected chi connectivity index (χ3v) is 7.67. The number of likely N-dealkylation sites (N-methyl/N-ethyl adjacent to an activating group) is 1. The van der Waals surface area contributed by atoms with E-state index in [1.807, 2.05) is 86.4 Å². The van der Waals surface area contributed by atoms with E-state index in [0.717, 1.165) is 61.4 Å². The van der Waals surface area contributed by atoms with E-state index in [4.69, 9.17) is 15.1 Å². The number of hydrogen-bond donors (Lipinski definition) is 1. The van der Waals surface area contributed by atoms with Crippen molar-refractivity contribution in [3.8, 4) is 16.9 Å². The quantitative estimate of drug-likeness (QED) is 0.324. The largest absolute Gasteiger partial charge is 0.316 e. The van der Waals surface area contributed by atoms with Crippen molar-refractivity contribution in [3.63, 3.8) is 0 Å². The molecule has 8 heteroatoms. The van der Waals surface area contributed by atoms with Crippen LogP contribution < -0.4 is 10.2 Å². The maximum Gasteiger partial charge on any atom is 0.236 e. The summed E-state index contributed by atoms with van der Waals surface area (Å²) < 4.78 is 1.89. The molecule has 0 radical (unpaired) electrons. The lowest BCUT2D eigenvalue weighted by atomic mass is 9.85. The van der Waals surface area contributed by atoms with Gasteiger partial charge in [0, 0.05) is 29.1 Å². The molecular weight excluding hydrogens is 468 g/mol. The van der Waals surface area contributed by atoms with Crippen molar-refractivity contribution < 1.29 is 4.79 Å². The fourth-order valence-electron chi connectivity index (χ4n) is 5.02. The molecule has 3 aromatic heterocycles. The number of aryl methyl sites for hydroxylation is 2. The van der Waals surface area contributed by atoms with Gasteiger partial charge < -0.3 is 10.2 Å². The van der Waals surface area contributed by atoms with Crippen molar-refractivity contribution in [2.24, 2.45) is 0 Å². The molecule has 0 saturated heterocycles. The molecule has 1 aliphatic rings. The number of amides is 1. The van der Waals surface area contributed by atoms with Gasteiger partial charge >= 0.3 is 0 Å².